The number of hydrogen-bond donors (Lipinski definition) is 0. The number of nitriles is 1. The Morgan fingerprint density at radius 1 is 1.13 bits per heavy atom. The maximum absolute atomic E-state index is 13.2. The molecule has 1 heterocycles. The molecule has 0 unspecified atom stereocenters. The number of fused-ring (bicyclic) bond motifs is 1. The highest BCUT2D eigenvalue weighted by Crippen LogP contribution is 2.26. The number of benzene rings is 2. The summed E-state index contributed by atoms with van der Waals surface area (Å²) >= 11 is 0. The Bertz CT molecular complexity index is 857. The van der Waals surface area contributed by atoms with Crippen molar-refractivity contribution in [3.63, 3.8) is 0 Å². The smallest absolute Gasteiger partial charge is 0.141 e. The minimum atomic E-state index is -0.255. The SMILES string of the molecule is CCCCCn1c(-c2ccc(F)cc2)nc2cc(C#N)ccc21. The highest BCUT2D eigenvalue weighted by Gasteiger charge is 2.13. The first-order valence-electron chi connectivity index (χ1n) is 7.89. The number of nitrogens with zero attached hydrogens (tertiary/aromatic N) is 3. The van der Waals surface area contributed by atoms with Gasteiger partial charge >= 0.3 is 0 Å². The second-order valence-corrected chi connectivity index (χ2v) is 5.62. The first kappa shape index (κ1) is 15.2. The molecule has 0 aliphatic heterocycles. The van der Waals surface area contributed by atoms with E-state index in [0.29, 0.717) is 5.56 Å². The second kappa shape index (κ2) is 6.62. The van der Waals surface area contributed by atoms with E-state index in [2.05, 4.69) is 22.5 Å². The fourth-order valence-electron chi connectivity index (χ4n) is 2.76. The van der Waals surface area contributed by atoms with Gasteiger partial charge in [0.05, 0.1) is 22.7 Å². The Kier molecular flexibility index (Phi) is 4.38. The van der Waals surface area contributed by atoms with Crippen LogP contribution >= 0.6 is 0 Å². The van der Waals surface area contributed by atoms with E-state index in [4.69, 9.17) is 5.26 Å². The quantitative estimate of drug-likeness (QED) is 0.629. The third kappa shape index (κ3) is 3.09. The van der Waals surface area contributed by atoms with Crippen LogP contribution in [-0.2, 0) is 6.54 Å². The lowest BCUT2D eigenvalue weighted by Gasteiger charge is -2.09. The number of imidazole rings is 1. The molecule has 0 spiro atoms. The molecule has 0 saturated carbocycles. The first-order valence-corrected chi connectivity index (χ1v) is 7.89. The Balaban J connectivity index is 2.12. The Morgan fingerprint density at radius 2 is 1.91 bits per heavy atom. The molecule has 2 aromatic carbocycles. The first-order chi connectivity index (χ1) is 11.2. The van der Waals surface area contributed by atoms with E-state index in [1.807, 2.05) is 12.1 Å². The second-order valence-electron chi connectivity index (χ2n) is 5.62. The number of hydrogen-bond acceptors (Lipinski definition) is 2. The van der Waals surface area contributed by atoms with E-state index in [1.165, 1.54) is 12.1 Å². The number of aryl methyl sites for hydroxylation is 1. The summed E-state index contributed by atoms with van der Waals surface area (Å²) < 4.78 is 15.4. The van der Waals surface area contributed by atoms with Crippen LogP contribution < -0.4 is 0 Å². The lowest BCUT2D eigenvalue weighted by atomic mass is 10.2. The highest BCUT2D eigenvalue weighted by atomic mass is 19.1. The summed E-state index contributed by atoms with van der Waals surface area (Å²) in [6, 6.07) is 14.1. The van der Waals surface area contributed by atoms with Gasteiger partial charge in [-0.25, -0.2) is 9.37 Å². The standard InChI is InChI=1S/C19H18FN3/c1-2-3-4-11-23-18-10-5-14(13-21)12-17(18)22-19(23)15-6-8-16(20)9-7-15/h5-10,12H,2-4,11H2,1H3. The van der Waals surface area contributed by atoms with Crippen LogP contribution in [0.15, 0.2) is 42.5 Å². The topological polar surface area (TPSA) is 41.6 Å². The fraction of sp³-hybridized carbons (Fsp3) is 0.263. The lowest BCUT2D eigenvalue weighted by Crippen LogP contribution is -2.01. The fourth-order valence-corrected chi connectivity index (χ4v) is 2.76. The van der Waals surface area contributed by atoms with Gasteiger partial charge in [0, 0.05) is 12.1 Å². The molecule has 1 aromatic heterocycles. The van der Waals surface area contributed by atoms with E-state index >= 15 is 0 Å². The van der Waals surface area contributed by atoms with Gasteiger partial charge < -0.3 is 4.57 Å². The zero-order valence-corrected chi connectivity index (χ0v) is 13.1. The van der Waals surface area contributed by atoms with Crippen LogP contribution in [0.4, 0.5) is 4.39 Å². The van der Waals surface area contributed by atoms with Crippen molar-refractivity contribution in [2.24, 2.45) is 0 Å². The maximum Gasteiger partial charge on any atom is 0.141 e. The summed E-state index contributed by atoms with van der Waals surface area (Å²) in [5.74, 6) is 0.570. The van der Waals surface area contributed by atoms with Crippen molar-refractivity contribution in [3.05, 3.63) is 53.8 Å². The summed E-state index contributed by atoms with van der Waals surface area (Å²) in [6.45, 7) is 3.04. The molecule has 0 fully saturated rings. The molecular weight excluding hydrogens is 289 g/mol. The molecule has 0 atom stereocenters. The van der Waals surface area contributed by atoms with Crippen molar-refractivity contribution in [1.29, 1.82) is 5.26 Å². The Labute approximate surface area is 135 Å². The normalized spacial score (nSPS) is 10.8. The minimum Gasteiger partial charge on any atom is -0.324 e. The molecule has 3 nitrogen and oxygen atoms in total. The number of aromatic nitrogens is 2. The number of unbranched alkanes of at least 4 members (excludes halogenated alkanes) is 2. The zero-order valence-electron chi connectivity index (χ0n) is 13.1. The van der Waals surface area contributed by atoms with E-state index in [1.54, 1.807) is 18.2 Å². The van der Waals surface area contributed by atoms with E-state index in [0.717, 1.165) is 48.2 Å². The average Bonchev–Trinajstić information content (AvgIpc) is 2.93. The van der Waals surface area contributed by atoms with Gasteiger partial charge in [-0.1, -0.05) is 19.8 Å². The van der Waals surface area contributed by atoms with Gasteiger partial charge in [0.25, 0.3) is 0 Å². The molecule has 23 heavy (non-hydrogen) atoms. The van der Waals surface area contributed by atoms with Crippen LogP contribution in [0.3, 0.4) is 0 Å². The molecule has 116 valence electrons. The maximum atomic E-state index is 13.2. The molecule has 0 amide bonds. The molecular formula is C19H18FN3. The van der Waals surface area contributed by atoms with Gasteiger partial charge in [-0.15, -0.1) is 0 Å². The van der Waals surface area contributed by atoms with Crippen molar-refractivity contribution in [1.82, 2.24) is 9.55 Å². The summed E-state index contributed by atoms with van der Waals surface area (Å²) in [5, 5.41) is 9.07. The van der Waals surface area contributed by atoms with Crippen LogP contribution in [0, 0.1) is 17.1 Å². The molecule has 0 aliphatic rings. The largest absolute Gasteiger partial charge is 0.324 e. The van der Waals surface area contributed by atoms with Gasteiger partial charge in [-0.3, -0.25) is 0 Å². The summed E-state index contributed by atoms with van der Waals surface area (Å²) in [6.07, 6.45) is 3.37. The van der Waals surface area contributed by atoms with Crippen LogP contribution in [0.5, 0.6) is 0 Å². The van der Waals surface area contributed by atoms with E-state index in [9.17, 15) is 4.39 Å². The number of rotatable bonds is 5. The molecule has 0 radical (unpaired) electrons. The van der Waals surface area contributed by atoms with Crippen molar-refractivity contribution < 1.29 is 4.39 Å². The average molecular weight is 307 g/mol. The third-order valence-corrected chi connectivity index (χ3v) is 3.97. The zero-order chi connectivity index (χ0) is 16.2. The van der Waals surface area contributed by atoms with E-state index in [-0.39, 0.29) is 5.82 Å². The Morgan fingerprint density at radius 3 is 2.61 bits per heavy atom. The predicted molar refractivity (Wildman–Crippen MR) is 89.4 cm³/mol. The summed E-state index contributed by atoms with van der Waals surface area (Å²) in [4.78, 5) is 4.69. The monoisotopic (exact) mass is 307 g/mol. The van der Waals surface area contributed by atoms with Crippen LogP contribution in [0.2, 0.25) is 0 Å². The van der Waals surface area contributed by atoms with Crippen molar-refractivity contribution >= 4 is 11.0 Å². The van der Waals surface area contributed by atoms with Crippen molar-refractivity contribution in [2.45, 2.75) is 32.7 Å². The van der Waals surface area contributed by atoms with Gasteiger partial charge in [0.1, 0.15) is 11.6 Å². The number of halogens is 1. The summed E-state index contributed by atoms with van der Waals surface area (Å²) in [7, 11) is 0. The van der Waals surface area contributed by atoms with Gasteiger partial charge in [0.2, 0.25) is 0 Å². The molecule has 0 N–H and O–H groups in total. The van der Waals surface area contributed by atoms with Gasteiger partial charge in [-0.2, -0.15) is 5.26 Å². The van der Waals surface area contributed by atoms with Crippen molar-refractivity contribution in [2.75, 3.05) is 0 Å². The van der Waals surface area contributed by atoms with Gasteiger partial charge in [0.15, 0.2) is 0 Å². The van der Waals surface area contributed by atoms with Crippen LogP contribution in [-0.4, -0.2) is 9.55 Å². The highest BCUT2D eigenvalue weighted by molar-refractivity contribution is 5.82. The molecule has 3 rings (SSSR count). The molecule has 3 aromatic rings. The predicted octanol–water partition coefficient (Wildman–Crippen LogP) is 4.90. The lowest BCUT2D eigenvalue weighted by molar-refractivity contribution is 0.616. The van der Waals surface area contributed by atoms with Crippen molar-refractivity contribution in [3.8, 4) is 17.5 Å². The minimum absolute atomic E-state index is 0.255. The van der Waals surface area contributed by atoms with E-state index < -0.39 is 0 Å². The molecule has 0 aliphatic carbocycles. The van der Waals surface area contributed by atoms with Crippen LogP contribution in [0.25, 0.3) is 22.4 Å². The molecule has 4 heteroatoms. The molecule has 0 bridgehead atoms. The third-order valence-electron chi connectivity index (χ3n) is 3.97. The van der Waals surface area contributed by atoms with Crippen LogP contribution in [0.1, 0.15) is 31.7 Å². The molecule has 0 saturated heterocycles. The Hall–Kier alpha value is -2.67. The summed E-state index contributed by atoms with van der Waals surface area (Å²) in [5.41, 5.74) is 3.30. The van der Waals surface area contributed by atoms with Gasteiger partial charge in [-0.05, 0) is 48.9 Å².